The van der Waals surface area contributed by atoms with Gasteiger partial charge < -0.3 is 9.80 Å². The molecule has 1 saturated carbocycles. The summed E-state index contributed by atoms with van der Waals surface area (Å²) in [5.74, 6) is 0.773. The molecular weight excluding hydrogens is 421 g/mol. The van der Waals surface area contributed by atoms with Crippen molar-refractivity contribution in [3.63, 3.8) is 0 Å². The molecule has 33 heavy (non-hydrogen) atoms. The van der Waals surface area contributed by atoms with Crippen LogP contribution in [0.1, 0.15) is 78.8 Å². The number of halogens is 1. The van der Waals surface area contributed by atoms with E-state index in [-0.39, 0.29) is 30.8 Å². The van der Waals surface area contributed by atoms with Crippen molar-refractivity contribution in [2.75, 3.05) is 26.3 Å². The van der Waals surface area contributed by atoms with Crippen molar-refractivity contribution in [2.45, 2.75) is 69.9 Å². The Morgan fingerprint density at radius 1 is 0.939 bits per heavy atom. The number of nitrogens with zero attached hydrogens (tertiary/aromatic N) is 2. The summed E-state index contributed by atoms with van der Waals surface area (Å²) in [4.78, 5) is 40.8. The Morgan fingerprint density at radius 3 is 2.36 bits per heavy atom. The van der Waals surface area contributed by atoms with Gasteiger partial charge in [-0.2, -0.15) is 0 Å². The summed E-state index contributed by atoms with van der Waals surface area (Å²) in [6.45, 7) is 3.61. The first-order valence-electron chi connectivity index (χ1n) is 12.6. The second-order valence-electron chi connectivity index (χ2n) is 10.4. The topological polar surface area (TPSA) is 69.7 Å². The molecule has 0 radical (unpaired) electrons. The van der Waals surface area contributed by atoms with Crippen LogP contribution in [0.25, 0.3) is 0 Å². The zero-order chi connectivity index (χ0) is 22.9. The van der Waals surface area contributed by atoms with Crippen LogP contribution in [-0.2, 0) is 16.1 Å². The van der Waals surface area contributed by atoms with Gasteiger partial charge in [0.25, 0.3) is 5.91 Å². The first kappa shape index (κ1) is 22.5. The van der Waals surface area contributed by atoms with Crippen LogP contribution >= 0.6 is 0 Å². The average molecular weight is 456 g/mol. The van der Waals surface area contributed by atoms with Gasteiger partial charge in [0.15, 0.2) is 0 Å². The highest BCUT2D eigenvalue weighted by Gasteiger charge is 2.39. The van der Waals surface area contributed by atoms with Gasteiger partial charge in [-0.3, -0.25) is 24.1 Å². The van der Waals surface area contributed by atoms with Crippen LogP contribution in [-0.4, -0.2) is 59.9 Å². The highest BCUT2D eigenvalue weighted by atomic mass is 19.1. The van der Waals surface area contributed by atoms with Crippen molar-refractivity contribution in [1.82, 2.24) is 15.1 Å². The number of benzene rings is 1. The van der Waals surface area contributed by atoms with E-state index >= 15 is 0 Å². The van der Waals surface area contributed by atoms with Crippen molar-refractivity contribution in [1.29, 1.82) is 0 Å². The molecule has 4 aliphatic rings. The molecule has 0 spiro atoms. The average Bonchev–Trinajstić information content (AvgIpc) is 3.15. The molecule has 1 aromatic carbocycles. The van der Waals surface area contributed by atoms with Crippen LogP contribution in [0.15, 0.2) is 18.2 Å². The molecule has 0 bridgehead atoms. The molecule has 6 nitrogen and oxygen atoms in total. The van der Waals surface area contributed by atoms with Gasteiger partial charge in [0.05, 0.1) is 6.67 Å². The number of rotatable bonds is 5. The summed E-state index contributed by atoms with van der Waals surface area (Å²) in [6.07, 6.45) is 7.31. The molecular formula is C26H34FN3O3. The largest absolute Gasteiger partial charge is 0.322 e. The monoisotopic (exact) mass is 455 g/mol. The summed E-state index contributed by atoms with van der Waals surface area (Å²) in [7, 11) is 0. The lowest BCUT2D eigenvalue weighted by Gasteiger charge is -2.36. The third kappa shape index (κ3) is 4.70. The number of nitrogens with one attached hydrogen (secondary N) is 1. The fourth-order valence-electron chi connectivity index (χ4n) is 6.23. The van der Waals surface area contributed by atoms with E-state index in [0.717, 1.165) is 63.7 Å². The molecule has 2 saturated heterocycles. The molecule has 178 valence electrons. The Kier molecular flexibility index (Phi) is 6.50. The van der Waals surface area contributed by atoms with E-state index in [9.17, 15) is 18.8 Å². The molecule has 1 aromatic rings. The zero-order valence-corrected chi connectivity index (χ0v) is 19.2. The van der Waals surface area contributed by atoms with Gasteiger partial charge in [-0.1, -0.05) is 12.1 Å². The molecule has 0 aromatic heterocycles. The van der Waals surface area contributed by atoms with E-state index < -0.39 is 6.04 Å². The zero-order valence-electron chi connectivity index (χ0n) is 19.2. The fraction of sp³-hybridized carbons (Fsp3) is 0.654. The van der Waals surface area contributed by atoms with Gasteiger partial charge in [-0.15, -0.1) is 0 Å². The first-order valence-corrected chi connectivity index (χ1v) is 12.6. The maximum atomic E-state index is 12.9. The predicted molar refractivity (Wildman–Crippen MR) is 122 cm³/mol. The van der Waals surface area contributed by atoms with E-state index in [1.54, 1.807) is 4.90 Å². The number of hydrogen-bond donors (Lipinski definition) is 1. The molecule has 3 heterocycles. The second-order valence-corrected chi connectivity index (χ2v) is 10.4. The number of likely N-dealkylation sites (tertiary alicyclic amines) is 1. The van der Waals surface area contributed by atoms with Crippen molar-refractivity contribution >= 4 is 17.7 Å². The third-order valence-electron chi connectivity index (χ3n) is 8.31. The smallest absolute Gasteiger partial charge is 0.255 e. The number of carbonyl (C=O) groups excluding carboxylic acids is 3. The standard InChI is InChI=1S/C26H34FN3O3/c27-14-17-1-3-18(4-2-17)15-29-11-9-19(10-12-29)20-5-6-22-21(13-20)16-30(26(22)33)23-7-8-24(31)28-25(23)32/h5-6,13,17-19,23H,1-4,7-12,14-16H2,(H,28,31,32)/t17-,18-,23?. The minimum atomic E-state index is -0.561. The molecule has 1 unspecified atom stereocenters. The minimum absolute atomic E-state index is 0.108. The summed E-state index contributed by atoms with van der Waals surface area (Å²) >= 11 is 0. The van der Waals surface area contributed by atoms with Gasteiger partial charge in [0.1, 0.15) is 6.04 Å². The lowest BCUT2D eigenvalue weighted by Crippen LogP contribution is -2.52. The van der Waals surface area contributed by atoms with Gasteiger partial charge >= 0.3 is 0 Å². The number of imide groups is 1. The van der Waals surface area contributed by atoms with Crippen LogP contribution < -0.4 is 5.32 Å². The molecule has 3 amide bonds. The number of amides is 3. The van der Waals surface area contributed by atoms with Gasteiger partial charge in [-0.25, -0.2) is 0 Å². The number of piperidine rings is 2. The second kappa shape index (κ2) is 9.53. The molecule has 1 atom stereocenters. The molecule has 1 N–H and O–H groups in total. The van der Waals surface area contributed by atoms with Crippen LogP contribution in [0.3, 0.4) is 0 Å². The summed E-state index contributed by atoms with van der Waals surface area (Å²) < 4.78 is 12.9. The van der Waals surface area contributed by atoms with E-state index in [0.29, 0.717) is 36.3 Å². The SMILES string of the molecule is O=C1CCC(N2Cc3cc(C4CCN(C[C@H]5CC[C@H](CF)CC5)CC4)ccc3C2=O)C(=O)N1. The van der Waals surface area contributed by atoms with Crippen molar-refractivity contribution < 1.29 is 18.8 Å². The Labute approximate surface area is 194 Å². The predicted octanol–water partition coefficient (Wildman–Crippen LogP) is 3.40. The minimum Gasteiger partial charge on any atom is -0.322 e. The molecule has 1 aliphatic carbocycles. The van der Waals surface area contributed by atoms with E-state index in [1.165, 1.54) is 5.56 Å². The third-order valence-corrected chi connectivity index (χ3v) is 8.31. The molecule has 3 aliphatic heterocycles. The summed E-state index contributed by atoms with van der Waals surface area (Å²) in [5, 5.41) is 2.36. The molecule has 7 heteroatoms. The highest BCUT2D eigenvalue weighted by Crippen LogP contribution is 2.35. The summed E-state index contributed by atoms with van der Waals surface area (Å²) in [6, 6.07) is 5.62. The fourth-order valence-corrected chi connectivity index (χ4v) is 6.23. The highest BCUT2D eigenvalue weighted by molar-refractivity contribution is 6.05. The summed E-state index contributed by atoms with van der Waals surface area (Å²) in [5.41, 5.74) is 2.97. The maximum absolute atomic E-state index is 12.9. The van der Waals surface area contributed by atoms with Gasteiger partial charge in [0.2, 0.25) is 11.8 Å². The Balaban J connectivity index is 1.16. The lowest BCUT2D eigenvalue weighted by molar-refractivity contribution is -0.136. The van der Waals surface area contributed by atoms with Gasteiger partial charge in [0, 0.05) is 25.1 Å². The van der Waals surface area contributed by atoms with E-state index in [2.05, 4.69) is 22.3 Å². The molecule has 5 rings (SSSR count). The number of hydrogen-bond acceptors (Lipinski definition) is 4. The maximum Gasteiger partial charge on any atom is 0.255 e. The lowest BCUT2D eigenvalue weighted by atomic mass is 9.81. The first-order chi connectivity index (χ1) is 16.0. The number of carbonyl (C=O) groups is 3. The van der Waals surface area contributed by atoms with E-state index in [1.807, 2.05) is 6.07 Å². The number of alkyl halides is 1. The van der Waals surface area contributed by atoms with Crippen LogP contribution in [0, 0.1) is 11.8 Å². The van der Waals surface area contributed by atoms with Crippen molar-refractivity contribution in [2.24, 2.45) is 11.8 Å². The number of fused-ring (bicyclic) bond motifs is 1. The molecule has 3 fully saturated rings. The normalized spacial score (nSPS) is 29.3. The van der Waals surface area contributed by atoms with Crippen LogP contribution in [0.4, 0.5) is 4.39 Å². The Bertz CT molecular complexity index is 919. The van der Waals surface area contributed by atoms with Crippen molar-refractivity contribution in [3.05, 3.63) is 34.9 Å². The Hall–Kier alpha value is -2.28. The van der Waals surface area contributed by atoms with Crippen molar-refractivity contribution in [3.8, 4) is 0 Å². The van der Waals surface area contributed by atoms with E-state index in [4.69, 9.17) is 0 Å². The van der Waals surface area contributed by atoms with Crippen LogP contribution in [0.2, 0.25) is 0 Å². The Morgan fingerprint density at radius 2 is 1.67 bits per heavy atom. The van der Waals surface area contributed by atoms with Crippen LogP contribution in [0.5, 0.6) is 0 Å². The quantitative estimate of drug-likeness (QED) is 0.691. The van der Waals surface area contributed by atoms with Gasteiger partial charge in [-0.05, 0) is 93.0 Å².